The van der Waals surface area contributed by atoms with E-state index in [2.05, 4.69) is 318 Å². The number of aryl methyl sites for hydroxylation is 7. The van der Waals surface area contributed by atoms with Gasteiger partial charge in [0.1, 0.15) is 0 Å². The van der Waals surface area contributed by atoms with E-state index < -0.39 is 0 Å². The standard InChI is InChI=1S/5C15H12.2C6H7N.12C2H6/c1-11-5-4-7-13-10-9-12-6-2-3-8-14(12)15(11)13;1-11-10-12-6-2-3-8-14(12)15-9-5-4-7-13(11)15;1-11-5-4-8-15-13(11)10-9-12-6-2-3-7-14(12)15;1-11-6-9-15-13(10-11)8-7-12-4-2-3-5-14(12)15;1-11-6-7-13-9-8-12-4-2-3-5-14(12)15(13)10-11;1-6-2-4-7-5-3-6;1-6-4-2-3-5-7-6;12*1-2/h5*2-10H,1H3;2*2-5H,1H3;12*1-2H3. The average molecular weight is 1510 g/mol. The number of fused-ring (bicyclic) bond motifs is 15. The summed E-state index contributed by atoms with van der Waals surface area (Å²) < 4.78 is 0. The Labute approximate surface area is 688 Å². The molecule has 15 aromatic carbocycles. The largest absolute Gasteiger partial charge is 0.265 e. The molecular formula is C111H146N2. The third kappa shape index (κ3) is 33.2. The van der Waals surface area contributed by atoms with Crippen LogP contribution in [0.4, 0.5) is 0 Å². The number of aromatic nitrogens is 2. The molecule has 0 aliphatic rings. The first-order valence-corrected chi connectivity index (χ1v) is 42.7. The third-order valence-corrected chi connectivity index (χ3v) is 16.4. The maximum atomic E-state index is 3.98. The lowest BCUT2D eigenvalue weighted by atomic mass is 9.98. The van der Waals surface area contributed by atoms with E-state index in [9.17, 15) is 0 Å². The summed E-state index contributed by atoms with van der Waals surface area (Å²) in [5.41, 5.74) is 9.01. The van der Waals surface area contributed by atoms with Crippen LogP contribution in [-0.4, -0.2) is 9.97 Å². The van der Waals surface area contributed by atoms with Crippen molar-refractivity contribution >= 4 is 108 Å². The molecule has 0 spiro atoms. The van der Waals surface area contributed by atoms with E-state index in [1.165, 1.54) is 141 Å². The maximum Gasteiger partial charge on any atom is 0.0372 e. The van der Waals surface area contributed by atoms with Crippen molar-refractivity contribution in [1.82, 2.24) is 9.97 Å². The fourth-order valence-electron chi connectivity index (χ4n) is 11.8. The first-order valence-electron chi connectivity index (χ1n) is 42.7. The molecule has 17 aromatic rings. The zero-order valence-electron chi connectivity index (χ0n) is 76.0. The SMILES string of the molecule is CC.CC.CC.CC.CC.CC.CC.CC.CC.CC.CC.CC.Cc1cc2ccccc2c2ccccc12.Cc1ccc2c(ccc3ccccc32)c1.Cc1ccc2ccc3ccccc3c2c1.Cc1cccc2c1ccc1ccccc12.Cc1cccc2ccc3ccccc3c12.Cc1ccccn1.Cc1ccncc1. The van der Waals surface area contributed by atoms with Gasteiger partial charge in [-0.1, -0.05) is 456 Å². The summed E-state index contributed by atoms with van der Waals surface area (Å²) >= 11 is 0. The van der Waals surface area contributed by atoms with Crippen LogP contribution < -0.4 is 0 Å². The molecule has 0 bridgehead atoms. The van der Waals surface area contributed by atoms with Gasteiger partial charge in [-0.15, -0.1) is 0 Å². The van der Waals surface area contributed by atoms with E-state index in [-0.39, 0.29) is 0 Å². The number of nitrogens with zero attached hydrogens (tertiary/aromatic N) is 2. The van der Waals surface area contributed by atoms with E-state index in [4.69, 9.17) is 0 Å². The van der Waals surface area contributed by atoms with Crippen molar-refractivity contribution in [2.24, 2.45) is 0 Å². The molecule has 0 amide bonds. The van der Waals surface area contributed by atoms with Crippen LogP contribution in [-0.2, 0) is 0 Å². The molecule has 2 heterocycles. The van der Waals surface area contributed by atoms with Gasteiger partial charge in [-0.25, -0.2) is 0 Å². The predicted octanol–water partition coefficient (Wildman–Crippen LogP) is 36.6. The van der Waals surface area contributed by atoms with Crippen molar-refractivity contribution in [2.45, 2.75) is 215 Å². The Kier molecular flexibility index (Phi) is 59.8. The third-order valence-electron chi connectivity index (χ3n) is 16.4. The average Bonchev–Trinajstić information content (AvgIpc) is 0.809. The molecule has 0 saturated carbocycles. The van der Waals surface area contributed by atoms with E-state index in [1.807, 2.05) is 210 Å². The molecule has 0 fully saturated rings. The minimum Gasteiger partial charge on any atom is -0.265 e. The van der Waals surface area contributed by atoms with Gasteiger partial charge in [-0.2, -0.15) is 0 Å². The zero-order chi connectivity index (χ0) is 85.5. The highest BCUT2D eigenvalue weighted by molar-refractivity contribution is 6.12. The van der Waals surface area contributed by atoms with Gasteiger partial charge in [-0.05, 0) is 203 Å². The van der Waals surface area contributed by atoms with Crippen molar-refractivity contribution < 1.29 is 0 Å². The minimum atomic E-state index is 1.07. The van der Waals surface area contributed by atoms with Gasteiger partial charge >= 0.3 is 0 Å². The highest BCUT2D eigenvalue weighted by Crippen LogP contribution is 2.32. The van der Waals surface area contributed by atoms with Gasteiger partial charge in [0.05, 0.1) is 0 Å². The molecule has 0 unspecified atom stereocenters. The lowest BCUT2D eigenvalue weighted by molar-refractivity contribution is 1.20. The summed E-state index contributed by atoms with van der Waals surface area (Å²) in [5.74, 6) is 0. The van der Waals surface area contributed by atoms with Crippen molar-refractivity contribution in [3.8, 4) is 0 Å². The van der Waals surface area contributed by atoms with Crippen LogP contribution in [0.1, 0.15) is 205 Å². The lowest BCUT2D eigenvalue weighted by Crippen LogP contribution is -1.81. The minimum absolute atomic E-state index is 1.07. The van der Waals surface area contributed by atoms with Crippen LogP contribution in [0.3, 0.4) is 0 Å². The molecule has 0 aliphatic carbocycles. The van der Waals surface area contributed by atoms with Crippen LogP contribution in [0.5, 0.6) is 0 Å². The van der Waals surface area contributed by atoms with Crippen molar-refractivity contribution in [3.63, 3.8) is 0 Å². The highest BCUT2D eigenvalue weighted by Gasteiger charge is 2.06. The van der Waals surface area contributed by atoms with E-state index in [0.717, 1.165) is 5.69 Å². The number of benzene rings is 15. The number of rotatable bonds is 0. The van der Waals surface area contributed by atoms with Crippen molar-refractivity contribution in [3.05, 3.63) is 361 Å². The second-order valence-electron chi connectivity index (χ2n) is 22.9. The molecule has 2 heteroatoms. The number of pyridine rings is 2. The zero-order valence-corrected chi connectivity index (χ0v) is 76.0. The maximum absolute atomic E-state index is 3.98. The van der Waals surface area contributed by atoms with Crippen LogP contribution in [0, 0.1) is 48.5 Å². The monoisotopic (exact) mass is 1510 g/mol. The van der Waals surface area contributed by atoms with Crippen molar-refractivity contribution in [2.75, 3.05) is 0 Å². The van der Waals surface area contributed by atoms with Gasteiger partial charge in [0.25, 0.3) is 0 Å². The fraction of sp³-hybridized carbons (Fsp3) is 0.279. The summed E-state index contributed by atoms with van der Waals surface area (Å²) in [4.78, 5) is 7.82. The Morgan fingerprint density at radius 2 is 0.451 bits per heavy atom. The molecule has 17 rings (SSSR count). The fourth-order valence-corrected chi connectivity index (χ4v) is 11.8. The number of hydrogen-bond acceptors (Lipinski definition) is 2. The normalized spacial score (nSPS) is 9.02. The molecule has 2 nitrogen and oxygen atoms in total. The first kappa shape index (κ1) is 104. The molecule has 0 saturated heterocycles. The molecule has 0 atom stereocenters. The van der Waals surface area contributed by atoms with Crippen LogP contribution in [0.2, 0.25) is 0 Å². The van der Waals surface area contributed by atoms with Gasteiger partial charge in [0, 0.05) is 24.3 Å². The summed E-state index contributed by atoms with van der Waals surface area (Å²) in [6.07, 6.45) is 5.36. The summed E-state index contributed by atoms with van der Waals surface area (Å²) in [6.45, 7) is 62.8. The molecule has 0 radical (unpaired) electrons. The Balaban J connectivity index is 0. The molecular weight excluding hydrogens is 1360 g/mol. The molecule has 0 aliphatic heterocycles. The first-order chi connectivity index (χ1) is 55.6. The van der Waals surface area contributed by atoms with E-state index in [1.54, 1.807) is 18.6 Å². The predicted molar refractivity (Wildman–Crippen MR) is 525 cm³/mol. The van der Waals surface area contributed by atoms with Gasteiger partial charge in [0.2, 0.25) is 0 Å². The smallest absolute Gasteiger partial charge is 0.0372 e. The van der Waals surface area contributed by atoms with Gasteiger partial charge in [0.15, 0.2) is 0 Å². The number of hydrogen-bond donors (Lipinski definition) is 0. The highest BCUT2D eigenvalue weighted by atomic mass is 14.6. The molecule has 0 N–H and O–H groups in total. The molecule has 600 valence electrons. The quantitative estimate of drug-likeness (QED) is 0.141. The Bertz CT molecular complexity index is 5090. The topological polar surface area (TPSA) is 25.8 Å². The van der Waals surface area contributed by atoms with Crippen LogP contribution >= 0.6 is 0 Å². The second kappa shape index (κ2) is 64.8. The van der Waals surface area contributed by atoms with Crippen LogP contribution in [0.15, 0.2) is 322 Å². The summed E-state index contributed by atoms with van der Waals surface area (Å²) in [5, 5.41) is 26.8. The Morgan fingerprint density at radius 1 is 0.159 bits per heavy atom. The van der Waals surface area contributed by atoms with Crippen molar-refractivity contribution in [1.29, 1.82) is 0 Å². The van der Waals surface area contributed by atoms with E-state index >= 15 is 0 Å². The van der Waals surface area contributed by atoms with Gasteiger partial charge < -0.3 is 0 Å². The molecule has 2 aromatic heterocycles. The Morgan fingerprint density at radius 3 is 0.912 bits per heavy atom. The summed E-state index contributed by atoms with van der Waals surface area (Å²) in [7, 11) is 0. The van der Waals surface area contributed by atoms with Crippen LogP contribution in [0.25, 0.3) is 108 Å². The lowest BCUT2D eigenvalue weighted by Gasteiger charge is -2.06. The Hall–Kier alpha value is -10.8. The van der Waals surface area contributed by atoms with Gasteiger partial charge in [-0.3, -0.25) is 9.97 Å². The summed E-state index contributed by atoms with van der Waals surface area (Å²) in [6, 6.07) is 107. The van der Waals surface area contributed by atoms with E-state index in [0.29, 0.717) is 0 Å². The second-order valence-corrected chi connectivity index (χ2v) is 22.9. The molecule has 113 heavy (non-hydrogen) atoms.